The number of benzene rings is 1. The fourth-order valence-electron chi connectivity index (χ4n) is 2.58. The Hall–Kier alpha value is -0.980. The molecule has 0 amide bonds. The van der Waals surface area contributed by atoms with Crippen LogP contribution >= 0.6 is 0 Å². The first-order valence-corrected chi connectivity index (χ1v) is 6.58. The smallest absolute Gasteiger partial charge is 0.0403 e. The molecule has 0 fully saturated rings. The van der Waals surface area contributed by atoms with Crippen LogP contribution in [-0.4, -0.2) is 12.6 Å². The number of fused-ring (bicyclic) bond motifs is 1. The molecule has 1 aliphatic heterocycles. The van der Waals surface area contributed by atoms with Crippen LogP contribution in [0, 0.1) is 6.92 Å². The van der Waals surface area contributed by atoms with E-state index in [2.05, 4.69) is 43.9 Å². The van der Waals surface area contributed by atoms with Crippen LogP contribution in [0.4, 0.5) is 5.69 Å². The molecule has 88 valence electrons. The van der Waals surface area contributed by atoms with Crippen molar-refractivity contribution in [3.63, 3.8) is 0 Å². The van der Waals surface area contributed by atoms with Gasteiger partial charge in [-0.25, -0.2) is 0 Å². The summed E-state index contributed by atoms with van der Waals surface area (Å²) in [6.07, 6.45) is 5.14. The molecule has 0 N–H and O–H groups in total. The summed E-state index contributed by atoms with van der Waals surface area (Å²) < 4.78 is 0. The van der Waals surface area contributed by atoms with Gasteiger partial charge in [0, 0.05) is 18.3 Å². The zero-order chi connectivity index (χ0) is 11.5. The molecule has 0 saturated carbocycles. The molecule has 1 aromatic rings. The lowest BCUT2D eigenvalue weighted by Gasteiger charge is -2.37. The molecule has 16 heavy (non-hydrogen) atoms. The molecule has 0 spiro atoms. The van der Waals surface area contributed by atoms with Gasteiger partial charge in [0.1, 0.15) is 0 Å². The molecule has 0 aromatic heterocycles. The van der Waals surface area contributed by atoms with Gasteiger partial charge in [0.15, 0.2) is 0 Å². The third-order valence-electron chi connectivity index (χ3n) is 3.67. The molecule has 1 heterocycles. The summed E-state index contributed by atoms with van der Waals surface area (Å²) in [6.45, 7) is 8.04. The fraction of sp³-hybridized carbons (Fsp3) is 0.600. The third kappa shape index (κ3) is 2.23. The molecule has 0 aliphatic carbocycles. The molecule has 1 heteroatoms. The molecule has 0 radical (unpaired) electrons. The molecule has 2 rings (SSSR count). The molecular weight excluding hydrogens is 194 g/mol. The summed E-state index contributed by atoms with van der Waals surface area (Å²) in [4.78, 5) is 2.61. The second-order valence-electron chi connectivity index (χ2n) is 5.07. The normalized spacial score (nSPS) is 19.7. The Morgan fingerprint density at radius 2 is 2.19 bits per heavy atom. The zero-order valence-corrected chi connectivity index (χ0v) is 10.8. The van der Waals surface area contributed by atoms with Gasteiger partial charge in [0.2, 0.25) is 0 Å². The van der Waals surface area contributed by atoms with Gasteiger partial charge < -0.3 is 4.90 Å². The topological polar surface area (TPSA) is 3.24 Å². The number of rotatable bonds is 3. The number of nitrogens with zero attached hydrogens (tertiary/aromatic N) is 1. The van der Waals surface area contributed by atoms with Crippen LogP contribution in [0.1, 0.15) is 44.2 Å². The SMILES string of the molecule is CCCCN1c2cc(C)ccc2CCC1C. The van der Waals surface area contributed by atoms with Crippen molar-refractivity contribution < 1.29 is 0 Å². The molecule has 1 aromatic carbocycles. The highest BCUT2D eigenvalue weighted by atomic mass is 15.2. The first-order valence-electron chi connectivity index (χ1n) is 6.58. The lowest BCUT2D eigenvalue weighted by molar-refractivity contribution is 0.549. The van der Waals surface area contributed by atoms with Gasteiger partial charge in [-0.3, -0.25) is 0 Å². The van der Waals surface area contributed by atoms with Gasteiger partial charge in [-0.1, -0.05) is 25.5 Å². The van der Waals surface area contributed by atoms with E-state index in [1.54, 1.807) is 5.56 Å². The molecule has 0 saturated heterocycles. The number of hydrogen-bond acceptors (Lipinski definition) is 1. The first kappa shape index (κ1) is 11.5. The summed E-state index contributed by atoms with van der Waals surface area (Å²) in [7, 11) is 0. The fourth-order valence-corrected chi connectivity index (χ4v) is 2.58. The first-order chi connectivity index (χ1) is 7.72. The van der Waals surface area contributed by atoms with E-state index in [-0.39, 0.29) is 0 Å². The maximum Gasteiger partial charge on any atom is 0.0403 e. The monoisotopic (exact) mass is 217 g/mol. The molecule has 1 aliphatic rings. The maximum atomic E-state index is 2.61. The van der Waals surface area contributed by atoms with Crippen LogP contribution in [-0.2, 0) is 6.42 Å². The summed E-state index contributed by atoms with van der Waals surface area (Å²) in [6, 6.07) is 7.63. The summed E-state index contributed by atoms with van der Waals surface area (Å²) >= 11 is 0. The predicted molar refractivity (Wildman–Crippen MR) is 71.2 cm³/mol. The van der Waals surface area contributed by atoms with Crippen molar-refractivity contribution in [3.05, 3.63) is 29.3 Å². The van der Waals surface area contributed by atoms with Gasteiger partial charge in [-0.15, -0.1) is 0 Å². The Bertz CT molecular complexity index is 356. The number of anilines is 1. The van der Waals surface area contributed by atoms with Crippen molar-refractivity contribution in [2.45, 2.75) is 52.5 Å². The third-order valence-corrected chi connectivity index (χ3v) is 3.67. The van der Waals surface area contributed by atoms with Gasteiger partial charge in [-0.2, -0.15) is 0 Å². The summed E-state index contributed by atoms with van der Waals surface area (Å²) in [5.41, 5.74) is 4.42. The predicted octanol–water partition coefficient (Wildman–Crippen LogP) is 3.94. The summed E-state index contributed by atoms with van der Waals surface area (Å²) in [5.74, 6) is 0. The van der Waals surface area contributed by atoms with Crippen LogP contribution in [0.5, 0.6) is 0 Å². The highest BCUT2D eigenvalue weighted by molar-refractivity contribution is 5.58. The zero-order valence-electron chi connectivity index (χ0n) is 10.8. The maximum absolute atomic E-state index is 2.61. The Morgan fingerprint density at radius 3 is 2.94 bits per heavy atom. The van der Waals surface area contributed by atoms with Crippen LogP contribution in [0.15, 0.2) is 18.2 Å². The van der Waals surface area contributed by atoms with E-state index in [4.69, 9.17) is 0 Å². The van der Waals surface area contributed by atoms with E-state index in [0.717, 1.165) is 0 Å². The Balaban J connectivity index is 2.27. The van der Waals surface area contributed by atoms with Crippen LogP contribution in [0.2, 0.25) is 0 Å². The molecule has 0 bridgehead atoms. The Labute approximate surface area is 99.5 Å². The van der Waals surface area contributed by atoms with Crippen LogP contribution in [0.3, 0.4) is 0 Å². The van der Waals surface area contributed by atoms with E-state index in [1.165, 1.54) is 43.5 Å². The van der Waals surface area contributed by atoms with Gasteiger partial charge >= 0.3 is 0 Å². The second-order valence-corrected chi connectivity index (χ2v) is 5.07. The van der Waals surface area contributed by atoms with E-state index < -0.39 is 0 Å². The quantitative estimate of drug-likeness (QED) is 0.741. The molecule has 1 nitrogen and oxygen atoms in total. The van der Waals surface area contributed by atoms with Crippen LogP contribution in [0.25, 0.3) is 0 Å². The Kier molecular flexibility index (Phi) is 3.52. The average molecular weight is 217 g/mol. The van der Waals surface area contributed by atoms with Crippen molar-refractivity contribution in [2.24, 2.45) is 0 Å². The second kappa shape index (κ2) is 4.90. The lowest BCUT2D eigenvalue weighted by Crippen LogP contribution is -2.38. The van der Waals surface area contributed by atoms with Crippen molar-refractivity contribution in [1.29, 1.82) is 0 Å². The van der Waals surface area contributed by atoms with E-state index in [0.29, 0.717) is 6.04 Å². The minimum atomic E-state index is 0.709. The lowest BCUT2D eigenvalue weighted by atomic mass is 9.95. The van der Waals surface area contributed by atoms with Crippen LogP contribution < -0.4 is 4.90 Å². The highest BCUT2D eigenvalue weighted by Crippen LogP contribution is 2.31. The van der Waals surface area contributed by atoms with Crippen molar-refractivity contribution in [3.8, 4) is 0 Å². The summed E-state index contributed by atoms with van der Waals surface area (Å²) in [5, 5.41) is 0. The van der Waals surface area contributed by atoms with Crippen molar-refractivity contribution in [1.82, 2.24) is 0 Å². The van der Waals surface area contributed by atoms with E-state index in [1.807, 2.05) is 0 Å². The number of aryl methyl sites for hydroxylation is 2. The Morgan fingerprint density at radius 1 is 1.38 bits per heavy atom. The average Bonchev–Trinajstić information content (AvgIpc) is 2.28. The minimum Gasteiger partial charge on any atom is -0.369 e. The molecular formula is C15H23N. The van der Waals surface area contributed by atoms with Gasteiger partial charge in [0.05, 0.1) is 0 Å². The molecule has 1 unspecified atom stereocenters. The van der Waals surface area contributed by atoms with Crippen molar-refractivity contribution in [2.75, 3.05) is 11.4 Å². The van der Waals surface area contributed by atoms with Crippen molar-refractivity contribution >= 4 is 5.69 Å². The van der Waals surface area contributed by atoms with Gasteiger partial charge in [0.25, 0.3) is 0 Å². The highest BCUT2D eigenvalue weighted by Gasteiger charge is 2.22. The van der Waals surface area contributed by atoms with Gasteiger partial charge in [-0.05, 0) is 50.3 Å². The number of hydrogen-bond donors (Lipinski definition) is 0. The molecule has 1 atom stereocenters. The van der Waals surface area contributed by atoms with E-state index in [9.17, 15) is 0 Å². The largest absolute Gasteiger partial charge is 0.369 e. The number of unbranched alkanes of at least 4 members (excludes halogenated alkanes) is 1. The standard InChI is InChI=1S/C15H23N/c1-4-5-10-16-13(3)7-9-14-8-6-12(2)11-15(14)16/h6,8,11,13H,4-5,7,9-10H2,1-3H3. The minimum absolute atomic E-state index is 0.709. The van der Waals surface area contributed by atoms with E-state index >= 15 is 0 Å².